The van der Waals surface area contributed by atoms with Gasteiger partial charge in [-0.05, 0) is 25.5 Å². The van der Waals surface area contributed by atoms with E-state index in [0.717, 1.165) is 5.69 Å². The zero-order valence-corrected chi connectivity index (χ0v) is 14.7. The highest BCUT2D eigenvalue weighted by molar-refractivity contribution is 5.75. The Balaban J connectivity index is 1.51. The van der Waals surface area contributed by atoms with Gasteiger partial charge in [0.1, 0.15) is 5.60 Å². The van der Waals surface area contributed by atoms with Crippen molar-refractivity contribution < 1.29 is 9.90 Å². The second kappa shape index (κ2) is 7.18. The number of carbonyl (C=O) groups is 1. The molecular formula is C17H24N6O2. The summed E-state index contributed by atoms with van der Waals surface area (Å²) < 4.78 is 1.76. The van der Waals surface area contributed by atoms with Gasteiger partial charge in [0.25, 0.3) is 0 Å². The summed E-state index contributed by atoms with van der Waals surface area (Å²) in [4.78, 5) is 24.3. The average Bonchev–Trinajstić information content (AvgIpc) is 3.19. The summed E-state index contributed by atoms with van der Waals surface area (Å²) in [5.41, 5.74) is -0.00406. The Labute approximate surface area is 147 Å². The normalized spacial score (nSPS) is 20.0. The maximum atomic E-state index is 12.3. The lowest BCUT2D eigenvalue weighted by Crippen LogP contribution is -2.46. The van der Waals surface area contributed by atoms with Crippen molar-refractivity contribution in [3.8, 4) is 0 Å². The van der Waals surface area contributed by atoms with E-state index in [1.807, 2.05) is 24.1 Å². The van der Waals surface area contributed by atoms with Crippen molar-refractivity contribution in [2.75, 3.05) is 31.6 Å². The Morgan fingerprint density at radius 2 is 2.16 bits per heavy atom. The number of aliphatic hydroxyl groups is 1. The lowest BCUT2D eigenvalue weighted by atomic mass is 10.0. The highest BCUT2D eigenvalue weighted by Gasteiger charge is 2.38. The van der Waals surface area contributed by atoms with Crippen molar-refractivity contribution in [3.05, 3.63) is 36.4 Å². The number of amides is 1. The zero-order chi connectivity index (χ0) is 17.9. The van der Waals surface area contributed by atoms with Crippen LogP contribution in [0.15, 0.2) is 30.7 Å². The van der Waals surface area contributed by atoms with Crippen molar-refractivity contribution in [3.63, 3.8) is 0 Å². The number of aryl methyl sites for hydroxylation is 2. The maximum Gasteiger partial charge on any atom is 0.225 e. The van der Waals surface area contributed by atoms with Crippen LogP contribution in [0.25, 0.3) is 0 Å². The quantitative estimate of drug-likeness (QED) is 0.820. The van der Waals surface area contributed by atoms with Crippen LogP contribution >= 0.6 is 0 Å². The third-order valence-electron chi connectivity index (χ3n) is 4.45. The van der Waals surface area contributed by atoms with Crippen LogP contribution in [0.1, 0.15) is 18.5 Å². The highest BCUT2D eigenvalue weighted by atomic mass is 16.3. The van der Waals surface area contributed by atoms with Gasteiger partial charge < -0.3 is 14.9 Å². The van der Waals surface area contributed by atoms with Gasteiger partial charge in [0, 0.05) is 45.1 Å². The van der Waals surface area contributed by atoms with Gasteiger partial charge in [0.05, 0.1) is 18.8 Å². The first-order valence-corrected chi connectivity index (χ1v) is 8.44. The molecule has 8 heteroatoms. The van der Waals surface area contributed by atoms with E-state index in [0.29, 0.717) is 45.0 Å². The fraction of sp³-hybridized carbons (Fsp3) is 0.529. The van der Waals surface area contributed by atoms with Crippen LogP contribution in [0.5, 0.6) is 0 Å². The molecule has 1 fully saturated rings. The van der Waals surface area contributed by atoms with Crippen LogP contribution in [-0.4, -0.2) is 67.9 Å². The van der Waals surface area contributed by atoms with E-state index in [2.05, 4.69) is 15.1 Å². The van der Waals surface area contributed by atoms with Gasteiger partial charge in [0.15, 0.2) is 0 Å². The molecule has 1 N–H and O–H groups in total. The maximum absolute atomic E-state index is 12.3. The van der Waals surface area contributed by atoms with E-state index >= 15 is 0 Å². The number of β-amino-alcohol motifs (C(OH)–C–C–N with tert-alkyl or cyclic N) is 1. The first kappa shape index (κ1) is 17.3. The minimum Gasteiger partial charge on any atom is -0.386 e. The van der Waals surface area contributed by atoms with Gasteiger partial charge in [-0.3, -0.25) is 9.48 Å². The first-order valence-electron chi connectivity index (χ1n) is 8.44. The molecule has 0 saturated carbocycles. The highest BCUT2D eigenvalue weighted by Crippen LogP contribution is 2.25. The molecule has 0 radical (unpaired) electrons. The second-order valence-electron chi connectivity index (χ2n) is 6.66. The summed E-state index contributed by atoms with van der Waals surface area (Å²) in [5.74, 6) is 0.609. The molecule has 25 heavy (non-hydrogen) atoms. The number of nitrogens with zero attached hydrogens (tertiary/aromatic N) is 6. The fourth-order valence-electron chi connectivity index (χ4n) is 3.13. The monoisotopic (exact) mass is 344 g/mol. The molecule has 1 saturated heterocycles. The van der Waals surface area contributed by atoms with Crippen LogP contribution in [0.4, 0.5) is 5.95 Å². The van der Waals surface area contributed by atoms with Gasteiger partial charge in [-0.25, -0.2) is 9.97 Å². The van der Waals surface area contributed by atoms with Crippen molar-refractivity contribution >= 4 is 11.9 Å². The van der Waals surface area contributed by atoms with Crippen LogP contribution in [0.3, 0.4) is 0 Å². The number of hydrogen-bond donors (Lipinski definition) is 1. The molecule has 0 aliphatic carbocycles. The Morgan fingerprint density at radius 1 is 1.40 bits per heavy atom. The number of hydrogen-bond acceptors (Lipinski definition) is 6. The Kier molecular flexibility index (Phi) is 4.98. The summed E-state index contributed by atoms with van der Waals surface area (Å²) in [7, 11) is 1.73. The predicted molar refractivity (Wildman–Crippen MR) is 93.0 cm³/mol. The van der Waals surface area contributed by atoms with Crippen molar-refractivity contribution in [2.24, 2.45) is 0 Å². The van der Waals surface area contributed by atoms with E-state index in [-0.39, 0.29) is 5.91 Å². The third-order valence-corrected chi connectivity index (χ3v) is 4.45. The fourth-order valence-corrected chi connectivity index (χ4v) is 3.13. The van der Waals surface area contributed by atoms with E-state index in [4.69, 9.17) is 0 Å². The summed E-state index contributed by atoms with van der Waals surface area (Å²) in [6.45, 7) is 3.86. The van der Waals surface area contributed by atoms with E-state index in [1.54, 1.807) is 35.1 Å². The largest absolute Gasteiger partial charge is 0.386 e. The molecule has 0 spiro atoms. The van der Waals surface area contributed by atoms with Crippen molar-refractivity contribution in [2.45, 2.75) is 31.9 Å². The molecule has 8 nitrogen and oxygen atoms in total. The molecule has 1 aliphatic heterocycles. The van der Waals surface area contributed by atoms with Gasteiger partial charge in [-0.1, -0.05) is 0 Å². The van der Waals surface area contributed by atoms with Crippen LogP contribution in [0.2, 0.25) is 0 Å². The smallest absolute Gasteiger partial charge is 0.225 e. The lowest BCUT2D eigenvalue weighted by molar-refractivity contribution is -0.133. The second-order valence-corrected chi connectivity index (χ2v) is 6.66. The number of aromatic nitrogens is 4. The van der Waals surface area contributed by atoms with Crippen LogP contribution < -0.4 is 4.90 Å². The molecular weight excluding hydrogens is 320 g/mol. The molecule has 134 valence electrons. The first-order chi connectivity index (χ1) is 12.0. The van der Waals surface area contributed by atoms with Crippen molar-refractivity contribution in [1.29, 1.82) is 0 Å². The average molecular weight is 344 g/mol. The Bertz CT molecular complexity index is 719. The number of anilines is 1. The SMILES string of the molecule is Cc1ccn(CCC(=O)N(C)CC2(O)CCN(c3ncccn3)C2)n1. The minimum absolute atomic E-state index is 0.00371. The number of rotatable bonds is 6. The molecule has 3 heterocycles. The summed E-state index contributed by atoms with van der Waals surface area (Å²) in [6.07, 6.45) is 6.18. The standard InChI is InChI=1S/C17H24N6O2/c1-14-4-9-23(20-14)10-5-15(24)21(2)12-17(25)6-11-22(13-17)16-18-7-3-8-19-16/h3-4,7-9,25H,5-6,10-13H2,1-2H3. The topological polar surface area (TPSA) is 87.4 Å². The van der Waals surface area contributed by atoms with E-state index < -0.39 is 5.60 Å². The summed E-state index contributed by atoms with van der Waals surface area (Å²) in [5, 5.41) is 15.1. The molecule has 1 amide bonds. The molecule has 0 bridgehead atoms. The molecule has 2 aromatic heterocycles. The zero-order valence-electron chi connectivity index (χ0n) is 14.7. The lowest BCUT2D eigenvalue weighted by Gasteiger charge is -2.29. The molecule has 1 unspecified atom stereocenters. The van der Waals surface area contributed by atoms with Crippen LogP contribution in [-0.2, 0) is 11.3 Å². The van der Waals surface area contributed by atoms with Gasteiger partial charge in [-0.15, -0.1) is 0 Å². The number of likely N-dealkylation sites (N-methyl/N-ethyl adjacent to an activating group) is 1. The Morgan fingerprint density at radius 3 is 2.84 bits per heavy atom. The van der Waals surface area contributed by atoms with Crippen molar-refractivity contribution in [1.82, 2.24) is 24.6 Å². The molecule has 0 aromatic carbocycles. The van der Waals surface area contributed by atoms with Gasteiger partial charge in [0.2, 0.25) is 11.9 Å². The molecule has 2 aromatic rings. The predicted octanol–water partition coefficient (Wildman–Crippen LogP) is 0.471. The Hall–Kier alpha value is -2.48. The number of carbonyl (C=O) groups excluding carboxylic acids is 1. The minimum atomic E-state index is -0.939. The van der Waals surface area contributed by atoms with E-state index in [1.165, 1.54) is 0 Å². The summed E-state index contributed by atoms with van der Waals surface area (Å²) >= 11 is 0. The van der Waals surface area contributed by atoms with E-state index in [9.17, 15) is 9.90 Å². The molecule has 1 aliphatic rings. The van der Waals surface area contributed by atoms with Gasteiger partial charge >= 0.3 is 0 Å². The third kappa shape index (κ3) is 4.33. The molecule has 3 rings (SSSR count). The van der Waals surface area contributed by atoms with Gasteiger partial charge in [-0.2, -0.15) is 5.10 Å². The molecule has 1 atom stereocenters. The van der Waals surface area contributed by atoms with Crippen LogP contribution in [0, 0.1) is 6.92 Å². The summed E-state index contributed by atoms with van der Waals surface area (Å²) in [6, 6.07) is 3.68.